The van der Waals surface area contributed by atoms with Gasteiger partial charge in [-0.25, -0.2) is 0 Å². The van der Waals surface area contributed by atoms with Crippen LogP contribution in [0.3, 0.4) is 0 Å². The summed E-state index contributed by atoms with van der Waals surface area (Å²) in [5.74, 6) is 2.39. The highest BCUT2D eigenvalue weighted by atomic mass is 79.9. The Hall–Kier alpha value is -4.02. The van der Waals surface area contributed by atoms with Gasteiger partial charge in [-0.1, -0.05) is 88.7 Å². The van der Waals surface area contributed by atoms with Crippen LogP contribution in [0.2, 0.25) is 0 Å². The summed E-state index contributed by atoms with van der Waals surface area (Å²) in [7, 11) is 5.14. The molecular formula is C33H27BrO3. The first-order chi connectivity index (χ1) is 18.1. The number of rotatable bonds is 7. The topological polar surface area (TPSA) is 27.7 Å². The van der Waals surface area contributed by atoms with Crippen molar-refractivity contribution in [3.8, 4) is 61.8 Å². The molecule has 5 rings (SSSR count). The molecule has 0 unspecified atom stereocenters. The fourth-order valence-electron chi connectivity index (χ4n) is 4.75. The van der Waals surface area contributed by atoms with Gasteiger partial charge in [-0.15, -0.1) is 0 Å². The molecule has 37 heavy (non-hydrogen) atoms. The Labute approximate surface area is 226 Å². The zero-order valence-electron chi connectivity index (χ0n) is 21.0. The Morgan fingerprint density at radius 1 is 0.486 bits per heavy atom. The van der Waals surface area contributed by atoms with E-state index in [0.717, 1.165) is 66.2 Å². The lowest BCUT2D eigenvalue weighted by Gasteiger charge is -2.24. The number of halogens is 1. The van der Waals surface area contributed by atoms with Gasteiger partial charge in [-0.2, -0.15) is 0 Å². The number of methoxy groups -OCH3 is 3. The Balaban J connectivity index is 1.98. The molecule has 0 atom stereocenters. The number of para-hydroxylation sites is 1. The maximum Gasteiger partial charge on any atom is 0.135 e. The zero-order chi connectivity index (χ0) is 25.8. The van der Waals surface area contributed by atoms with E-state index in [1.807, 2.05) is 48.5 Å². The first-order valence-electron chi connectivity index (χ1n) is 12.0. The van der Waals surface area contributed by atoms with E-state index in [-0.39, 0.29) is 0 Å². The molecule has 4 heteroatoms. The predicted octanol–water partition coefficient (Wildman–Crippen LogP) is 9.14. The minimum Gasteiger partial charge on any atom is -0.497 e. The van der Waals surface area contributed by atoms with E-state index in [0.29, 0.717) is 0 Å². The monoisotopic (exact) mass is 550 g/mol. The van der Waals surface area contributed by atoms with Gasteiger partial charge in [0.05, 0.1) is 21.3 Å². The van der Waals surface area contributed by atoms with E-state index in [9.17, 15) is 0 Å². The van der Waals surface area contributed by atoms with E-state index >= 15 is 0 Å². The highest BCUT2D eigenvalue weighted by molar-refractivity contribution is 9.10. The van der Waals surface area contributed by atoms with Crippen molar-refractivity contribution < 1.29 is 14.2 Å². The van der Waals surface area contributed by atoms with Gasteiger partial charge in [0.2, 0.25) is 0 Å². The Morgan fingerprint density at radius 2 is 1.19 bits per heavy atom. The molecule has 0 aliphatic heterocycles. The van der Waals surface area contributed by atoms with Gasteiger partial charge in [-0.3, -0.25) is 0 Å². The van der Waals surface area contributed by atoms with Gasteiger partial charge in [-0.05, 0) is 58.7 Å². The summed E-state index contributed by atoms with van der Waals surface area (Å²) in [5.41, 5.74) is 8.25. The van der Waals surface area contributed by atoms with Crippen LogP contribution in [0.25, 0.3) is 44.5 Å². The number of hydrogen-bond acceptors (Lipinski definition) is 3. The third kappa shape index (κ3) is 4.85. The second-order valence-corrected chi connectivity index (χ2v) is 9.48. The molecule has 5 aromatic rings. The Kier molecular flexibility index (Phi) is 7.29. The van der Waals surface area contributed by atoms with Crippen LogP contribution in [0, 0.1) is 0 Å². The van der Waals surface area contributed by atoms with Gasteiger partial charge in [0.1, 0.15) is 17.2 Å². The summed E-state index contributed by atoms with van der Waals surface area (Å²) < 4.78 is 18.7. The highest BCUT2D eigenvalue weighted by Crippen LogP contribution is 2.52. The first-order valence-corrected chi connectivity index (χ1v) is 12.8. The molecule has 0 aromatic heterocycles. The lowest BCUT2D eigenvalue weighted by molar-refractivity contribution is 0.415. The Bertz CT molecular complexity index is 1530. The summed E-state index contributed by atoms with van der Waals surface area (Å²) in [4.78, 5) is 0. The summed E-state index contributed by atoms with van der Waals surface area (Å²) in [6.45, 7) is 0. The van der Waals surface area contributed by atoms with Crippen molar-refractivity contribution in [1.29, 1.82) is 0 Å². The zero-order valence-corrected chi connectivity index (χ0v) is 22.6. The van der Waals surface area contributed by atoms with Crippen LogP contribution in [0.1, 0.15) is 0 Å². The van der Waals surface area contributed by atoms with Crippen molar-refractivity contribution in [3.63, 3.8) is 0 Å². The van der Waals surface area contributed by atoms with Crippen molar-refractivity contribution in [2.45, 2.75) is 0 Å². The van der Waals surface area contributed by atoms with Crippen LogP contribution in [0.4, 0.5) is 0 Å². The molecule has 0 aliphatic carbocycles. The van der Waals surface area contributed by atoms with Crippen LogP contribution in [0.5, 0.6) is 17.2 Å². The molecule has 0 amide bonds. The molecular weight excluding hydrogens is 524 g/mol. The van der Waals surface area contributed by atoms with E-state index in [2.05, 4.69) is 76.6 Å². The van der Waals surface area contributed by atoms with Gasteiger partial charge < -0.3 is 14.2 Å². The van der Waals surface area contributed by atoms with Crippen molar-refractivity contribution in [3.05, 3.63) is 114 Å². The lowest BCUT2D eigenvalue weighted by atomic mass is 9.83. The van der Waals surface area contributed by atoms with Gasteiger partial charge in [0.15, 0.2) is 0 Å². The van der Waals surface area contributed by atoms with E-state index in [4.69, 9.17) is 14.2 Å². The van der Waals surface area contributed by atoms with Crippen LogP contribution in [0.15, 0.2) is 114 Å². The maximum absolute atomic E-state index is 6.21. The average molecular weight is 551 g/mol. The van der Waals surface area contributed by atoms with Crippen LogP contribution < -0.4 is 14.2 Å². The van der Waals surface area contributed by atoms with E-state index < -0.39 is 0 Å². The molecule has 5 aromatic carbocycles. The molecule has 0 saturated carbocycles. The molecule has 0 saturated heterocycles. The quantitative estimate of drug-likeness (QED) is 0.202. The van der Waals surface area contributed by atoms with Gasteiger partial charge >= 0.3 is 0 Å². The normalized spacial score (nSPS) is 10.7. The predicted molar refractivity (Wildman–Crippen MR) is 156 cm³/mol. The molecule has 0 aliphatic rings. The molecule has 3 nitrogen and oxygen atoms in total. The molecule has 0 radical (unpaired) electrons. The average Bonchev–Trinajstić information content (AvgIpc) is 2.97. The fraction of sp³-hybridized carbons (Fsp3) is 0.0909. The van der Waals surface area contributed by atoms with Crippen molar-refractivity contribution in [1.82, 2.24) is 0 Å². The van der Waals surface area contributed by atoms with Crippen LogP contribution >= 0.6 is 15.9 Å². The van der Waals surface area contributed by atoms with Crippen molar-refractivity contribution in [2.75, 3.05) is 21.3 Å². The summed E-state index contributed by atoms with van der Waals surface area (Å²) >= 11 is 3.59. The van der Waals surface area contributed by atoms with Crippen molar-refractivity contribution in [2.24, 2.45) is 0 Å². The van der Waals surface area contributed by atoms with Crippen molar-refractivity contribution >= 4 is 15.9 Å². The highest BCUT2D eigenvalue weighted by Gasteiger charge is 2.25. The second kappa shape index (κ2) is 10.9. The summed E-state index contributed by atoms with van der Waals surface area (Å²) in [5, 5.41) is 0. The molecule has 0 bridgehead atoms. The fourth-order valence-corrected chi connectivity index (χ4v) is 5.01. The second-order valence-electron chi connectivity index (χ2n) is 8.56. The lowest BCUT2D eigenvalue weighted by Crippen LogP contribution is -2.00. The number of ether oxygens (including phenoxy) is 3. The summed E-state index contributed by atoms with van der Waals surface area (Å²) in [6, 6.07) is 37.2. The first kappa shape index (κ1) is 24.7. The Morgan fingerprint density at radius 3 is 1.89 bits per heavy atom. The van der Waals surface area contributed by atoms with E-state index in [1.54, 1.807) is 21.3 Å². The number of benzene rings is 5. The molecule has 0 spiro atoms. The minimum atomic E-state index is 0.791. The molecule has 184 valence electrons. The molecule has 0 heterocycles. The standard InChI is InChI=1S/C33H27BrO3/c1-35-26-13-9-12-24(20-26)28-21-29(22-10-5-4-6-11-22)33(37-3)31(23-16-18-25(34)19-17-23)32(28)27-14-7-8-15-30(27)36-2/h4-21H,1-3H3. The van der Waals surface area contributed by atoms with Gasteiger partial charge in [0.25, 0.3) is 0 Å². The number of hydrogen-bond donors (Lipinski definition) is 0. The smallest absolute Gasteiger partial charge is 0.135 e. The molecule has 0 fully saturated rings. The SMILES string of the molecule is COc1cccc(-c2cc(-c3ccccc3)c(OC)c(-c3ccc(Br)cc3)c2-c2ccccc2OC)c1. The van der Waals surface area contributed by atoms with E-state index in [1.165, 1.54) is 0 Å². The largest absolute Gasteiger partial charge is 0.497 e. The molecule has 0 N–H and O–H groups in total. The summed E-state index contributed by atoms with van der Waals surface area (Å²) in [6.07, 6.45) is 0. The van der Waals surface area contributed by atoms with Crippen LogP contribution in [-0.4, -0.2) is 21.3 Å². The maximum atomic E-state index is 6.21. The van der Waals surface area contributed by atoms with Crippen LogP contribution in [-0.2, 0) is 0 Å². The third-order valence-electron chi connectivity index (χ3n) is 6.46. The van der Waals surface area contributed by atoms with Gasteiger partial charge in [0, 0.05) is 26.7 Å². The minimum absolute atomic E-state index is 0.791. The third-order valence-corrected chi connectivity index (χ3v) is 6.99.